The van der Waals surface area contributed by atoms with Gasteiger partial charge in [-0.15, -0.1) is 0 Å². The van der Waals surface area contributed by atoms with Crippen LogP contribution in [0.2, 0.25) is 0 Å². The Morgan fingerprint density at radius 1 is 1.35 bits per heavy atom. The normalized spacial score (nSPS) is 11.9. The minimum Gasteiger partial charge on any atom is -0.409 e. The van der Waals surface area contributed by atoms with E-state index in [-0.39, 0.29) is 5.84 Å². The first-order valence-electron chi connectivity index (χ1n) is 6.71. The summed E-state index contributed by atoms with van der Waals surface area (Å²) in [6.45, 7) is 6.62. The molecule has 0 aliphatic rings. The molecular formula is C13H24N6O. The number of aryl methyl sites for hydroxylation is 1. The van der Waals surface area contributed by atoms with E-state index in [4.69, 9.17) is 10.9 Å². The molecule has 20 heavy (non-hydrogen) atoms. The molecule has 0 saturated heterocycles. The maximum Gasteiger partial charge on any atom is 0.226 e. The highest BCUT2D eigenvalue weighted by molar-refractivity contribution is 5.95. The summed E-state index contributed by atoms with van der Waals surface area (Å²) in [6.07, 6.45) is 1.02. The Balaban J connectivity index is 2.89. The standard InChI is InChI=1S/C13H24N6O/c1-5-19(8-6-7-18(3)4)13-15-10(2)9-11(16-13)12(14)17-20/h9,20H,5-8H2,1-4H3,(H2,14,17). The number of hydrogen-bond acceptors (Lipinski definition) is 6. The predicted molar refractivity (Wildman–Crippen MR) is 80.3 cm³/mol. The van der Waals surface area contributed by atoms with Crippen LogP contribution >= 0.6 is 0 Å². The minimum atomic E-state index is 0.00101. The van der Waals surface area contributed by atoms with Gasteiger partial charge in [-0.2, -0.15) is 0 Å². The first-order valence-corrected chi connectivity index (χ1v) is 6.71. The molecule has 7 heteroatoms. The zero-order chi connectivity index (χ0) is 15.1. The van der Waals surface area contributed by atoms with Gasteiger partial charge in [0.05, 0.1) is 0 Å². The van der Waals surface area contributed by atoms with Crippen LogP contribution in [0.15, 0.2) is 11.2 Å². The second-order valence-electron chi connectivity index (χ2n) is 4.92. The first-order chi connectivity index (χ1) is 9.47. The Morgan fingerprint density at radius 3 is 2.60 bits per heavy atom. The third-order valence-electron chi connectivity index (χ3n) is 2.91. The lowest BCUT2D eigenvalue weighted by Crippen LogP contribution is -2.29. The Labute approximate surface area is 120 Å². The lowest BCUT2D eigenvalue weighted by atomic mass is 10.3. The second-order valence-corrected chi connectivity index (χ2v) is 4.92. The van der Waals surface area contributed by atoms with Gasteiger partial charge in [0.15, 0.2) is 5.84 Å². The van der Waals surface area contributed by atoms with Crippen molar-refractivity contribution in [2.75, 3.05) is 38.6 Å². The fraction of sp³-hybridized carbons (Fsp3) is 0.615. The highest BCUT2D eigenvalue weighted by atomic mass is 16.4. The Morgan fingerprint density at radius 2 is 2.05 bits per heavy atom. The van der Waals surface area contributed by atoms with Gasteiger partial charge in [-0.1, -0.05) is 5.16 Å². The molecule has 0 bridgehead atoms. The molecule has 1 rings (SSSR count). The lowest BCUT2D eigenvalue weighted by molar-refractivity contribution is 0.318. The average molecular weight is 280 g/mol. The number of amidine groups is 1. The molecule has 0 spiro atoms. The molecule has 0 aromatic carbocycles. The molecular weight excluding hydrogens is 256 g/mol. The average Bonchev–Trinajstić information content (AvgIpc) is 2.41. The summed E-state index contributed by atoms with van der Waals surface area (Å²) < 4.78 is 0. The lowest BCUT2D eigenvalue weighted by Gasteiger charge is -2.22. The van der Waals surface area contributed by atoms with E-state index in [1.54, 1.807) is 6.07 Å². The van der Waals surface area contributed by atoms with Gasteiger partial charge in [0.1, 0.15) is 5.69 Å². The molecule has 1 aromatic rings. The molecule has 0 saturated carbocycles. The van der Waals surface area contributed by atoms with Crippen molar-refractivity contribution in [2.45, 2.75) is 20.3 Å². The van der Waals surface area contributed by atoms with Crippen LogP contribution in [0.25, 0.3) is 0 Å². The maximum atomic E-state index is 8.75. The van der Waals surface area contributed by atoms with E-state index >= 15 is 0 Å². The summed E-state index contributed by atoms with van der Waals surface area (Å²) in [7, 11) is 4.10. The van der Waals surface area contributed by atoms with Crippen LogP contribution in [-0.2, 0) is 0 Å². The fourth-order valence-corrected chi connectivity index (χ4v) is 1.85. The van der Waals surface area contributed by atoms with E-state index < -0.39 is 0 Å². The van der Waals surface area contributed by atoms with Crippen LogP contribution in [0.1, 0.15) is 24.7 Å². The van der Waals surface area contributed by atoms with E-state index in [2.05, 4.69) is 45.9 Å². The number of nitrogens with zero attached hydrogens (tertiary/aromatic N) is 5. The summed E-state index contributed by atoms with van der Waals surface area (Å²) in [5, 5.41) is 11.7. The van der Waals surface area contributed by atoms with Gasteiger partial charge in [-0.05, 0) is 47.0 Å². The third-order valence-corrected chi connectivity index (χ3v) is 2.91. The second kappa shape index (κ2) is 7.64. The van der Waals surface area contributed by atoms with Gasteiger partial charge >= 0.3 is 0 Å². The van der Waals surface area contributed by atoms with Crippen LogP contribution in [0.3, 0.4) is 0 Å². The summed E-state index contributed by atoms with van der Waals surface area (Å²) in [6, 6.07) is 1.70. The molecule has 0 atom stereocenters. The topological polar surface area (TPSA) is 90.9 Å². The molecule has 112 valence electrons. The molecule has 0 fully saturated rings. The van der Waals surface area contributed by atoms with Gasteiger partial charge in [0.2, 0.25) is 5.95 Å². The zero-order valence-corrected chi connectivity index (χ0v) is 12.7. The van der Waals surface area contributed by atoms with Crippen molar-refractivity contribution in [3.8, 4) is 0 Å². The minimum absolute atomic E-state index is 0.00101. The van der Waals surface area contributed by atoms with Crippen LogP contribution in [0.4, 0.5) is 5.95 Å². The molecule has 0 radical (unpaired) electrons. The van der Waals surface area contributed by atoms with Gasteiger partial charge in [0, 0.05) is 18.8 Å². The third kappa shape index (κ3) is 4.65. The molecule has 3 N–H and O–H groups in total. The number of nitrogens with two attached hydrogens (primary N) is 1. The molecule has 1 heterocycles. The Kier molecular flexibility index (Phi) is 6.17. The Hall–Kier alpha value is -1.89. The van der Waals surface area contributed by atoms with E-state index in [0.29, 0.717) is 11.6 Å². The molecule has 1 aromatic heterocycles. The van der Waals surface area contributed by atoms with Crippen LogP contribution in [0.5, 0.6) is 0 Å². The number of anilines is 1. The van der Waals surface area contributed by atoms with Gasteiger partial charge < -0.3 is 20.7 Å². The first kappa shape index (κ1) is 16.2. The fourth-order valence-electron chi connectivity index (χ4n) is 1.85. The van der Waals surface area contributed by atoms with Crippen molar-refractivity contribution in [1.82, 2.24) is 14.9 Å². The summed E-state index contributed by atoms with van der Waals surface area (Å²) in [5.41, 5.74) is 6.84. The van der Waals surface area contributed by atoms with E-state index in [1.807, 2.05) is 6.92 Å². The zero-order valence-electron chi connectivity index (χ0n) is 12.7. The predicted octanol–water partition coefficient (Wildman–Crippen LogP) is 0.658. The van der Waals surface area contributed by atoms with E-state index in [1.165, 1.54) is 0 Å². The van der Waals surface area contributed by atoms with Crippen molar-refractivity contribution in [3.63, 3.8) is 0 Å². The van der Waals surface area contributed by atoms with Gasteiger partial charge in [-0.25, -0.2) is 9.97 Å². The SMILES string of the molecule is CCN(CCCN(C)C)c1nc(C)cc(/C(N)=N/O)n1. The van der Waals surface area contributed by atoms with Crippen LogP contribution < -0.4 is 10.6 Å². The highest BCUT2D eigenvalue weighted by Gasteiger charge is 2.11. The van der Waals surface area contributed by atoms with Crippen molar-refractivity contribution in [2.24, 2.45) is 10.9 Å². The number of oxime groups is 1. The van der Waals surface area contributed by atoms with Crippen molar-refractivity contribution in [1.29, 1.82) is 0 Å². The van der Waals surface area contributed by atoms with Crippen molar-refractivity contribution in [3.05, 3.63) is 17.5 Å². The quantitative estimate of drug-likeness (QED) is 0.330. The molecule has 0 aliphatic heterocycles. The number of rotatable bonds is 7. The van der Waals surface area contributed by atoms with Gasteiger partial charge in [-0.3, -0.25) is 0 Å². The smallest absolute Gasteiger partial charge is 0.226 e. The summed E-state index contributed by atoms with van der Waals surface area (Å²) in [4.78, 5) is 13.0. The molecule has 0 aliphatic carbocycles. The van der Waals surface area contributed by atoms with Crippen LogP contribution in [-0.4, -0.2) is 59.6 Å². The van der Waals surface area contributed by atoms with E-state index in [0.717, 1.165) is 31.7 Å². The Bertz CT molecular complexity index is 460. The summed E-state index contributed by atoms with van der Waals surface area (Å²) >= 11 is 0. The maximum absolute atomic E-state index is 8.75. The van der Waals surface area contributed by atoms with Crippen LogP contribution in [0, 0.1) is 6.92 Å². The molecule has 0 unspecified atom stereocenters. The molecule has 7 nitrogen and oxygen atoms in total. The largest absolute Gasteiger partial charge is 0.409 e. The van der Waals surface area contributed by atoms with Gasteiger partial charge in [0.25, 0.3) is 0 Å². The van der Waals surface area contributed by atoms with Crippen molar-refractivity contribution >= 4 is 11.8 Å². The number of hydrogen-bond donors (Lipinski definition) is 2. The van der Waals surface area contributed by atoms with E-state index in [9.17, 15) is 0 Å². The van der Waals surface area contributed by atoms with Crippen molar-refractivity contribution < 1.29 is 5.21 Å². The monoisotopic (exact) mass is 280 g/mol. The molecule has 0 amide bonds. The number of aromatic nitrogens is 2. The highest BCUT2D eigenvalue weighted by Crippen LogP contribution is 2.11. The summed E-state index contributed by atoms with van der Waals surface area (Å²) in [5.74, 6) is 0.619.